The van der Waals surface area contributed by atoms with Gasteiger partial charge in [0.05, 0.1) is 0 Å². The molecule has 2 rings (SSSR count). The van der Waals surface area contributed by atoms with Gasteiger partial charge in [0.25, 0.3) is 0 Å². The summed E-state index contributed by atoms with van der Waals surface area (Å²) in [5.41, 5.74) is -0.524. The Labute approximate surface area is 94.5 Å². The van der Waals surface area contributed by atoms with Gasteiger partial charge in [-0.3, -0.25) is 0 Å². The van der Waals surface area contributed by atoms with Gasteiger partial charge in [0.2, 0.25) is 0 Å². The molecule has 1 aromatic carbocycles. The van der Waals surface area contributed by atoms with Crippen molar-refractivity contribution < 1.29 is 17.6 Å². The van der Waals surface area contributed by atoms with E-state index in [-0.39, 0.29) is 5.82 Å². The molecule has 0 saturated carbocycles. The molecule has 0 unspecified atom stereocenters. The number of imidazole rings is 1. The number of hydrogen-bond acceptors (Lipinski definition) is 1. The average Bonchev–Trinajstić information content (AvgIpc) is 2.61. The highest BCUT2D eigenvalue weighted by molar-refractivity contribution is 5.55. The molecule has 0 N–H and O–H groups in total. The van der Waals surface area contributed by atoms with E-state index in [2.05, 4.69) is 4.98 Å². The Morgan fingerprint density at radius 1 is 1.12 bits per heavy atom. The second kappa shape index (κ2) is 3.87. The lowest BCUT2D eigenvalue weighted by atomic mass is 10.2. The summed E-state index contributed by atoms with van der Waals surface area (Å²) in [6.45, 7) is 0. The van der Waals surface area contributed by atoms with Crippen LogP contribution in [0.4, 0.5) is 17.6 Å². The van der Waals surface area contributed by atoms with E-state index in [9.17, 15) is 17.6 Å². The maximum absolute atomic E-state index is 12.7. The first-order chi connectivity index (χ1) is 7.88. The van der Waals surface area contributed by atoms with Gasteiger partial charge in [0, 0.05) is 18.8 Å². The average molecular weight is 244 g/mol. The zero-order chi connectivity index (χ0) is 12.6. The van der Waals surface area contributed by atoms with Gasteiger partial charge in [0.1, 0.15) is 11.6 Å². The first kappa shape index (κ1) is 11.6. The van der Waals surface area contributed by atoms with E-state index in [0.29, 0.717) is 5.56 Å². The van der Waals surface area contributed by atoms with Gasteiger partial charge < -0.3 is 4.57 Å². The van der Waals surface area contributed by atoms with Crippen LogP contribution in [0.25, 0.3) is 11.4 Å². The topological polar surface area (TPSA) is 17.8 Å². The maximum Gasteiger partial charge on any atom is 0.434 e. The molecule has 17 heavy (non-hydrogen) atoms. The van der Waals surface area contributed by atoms with Crippen molar-refractivity contribution >= 4 is 0 Å². The van der Waals surface area contributed by atoms with E-state index in [1.807, 2.05) is 0 Å². The molecular weight excluding hydrogens is 236 g/mol. The Balaban J connectivity index is 2.46. The highest BCUT2D eigenvalue weighted by atomic mass is 19.4. The van der Waals surface area contributed by atoms with E-state index in [0.717, 1.165) is 6.20 Å². The zero-order valence-electron chi connectivity index (χ0n) is 8.79. The van der Waals surface area contributed by atoms with Crippen molar-refractivity contribution in [3.05, 3.63) is 42.0 Å². The largest absolute Gasteiger partial charge is 0.434 e. The lowest BCUT2D eigenvalue weighted by Gasteiger charge is -2.00. The predicted octanol–water partition coefficient (Wildman–Crippen LogP) is 3.25. The van der Waals surface area contributed by atoms with Crippen LogP contribution in [-0.4, -0.2) is 9.55 Å². The minimum absolute atomic E-state index is 0.150. The van der Waals surface area contributed by atoms with Crippen LogP contribution in [0.3, 0.4) is 0 Å². The van der Waals surface area contributed by atoms with Crippen LogP contribution in [0, 0.1) is 5.82 Å². The fourth-order valence-electron chi connectivity index (χ4n) is 1.47. The molecule has 0 saturated heterocycles. The fourth-order valence-corrected chi connectivity index (χ4v) is 1.47. The number of hydrogen-bond donors (Lipinski definition) is 0. The first-order valence-corrected chi connectivity index (χ1v) is 4.74. The first-order valence-electron chi connectivity index (χ1n) is 4.74. The zero-order valence-corrected chi connectivity index (χ0v) is 8.79. The Morgan fingerprint density at radius 3 is 2.18 bits per heavy atom. The van der Waals surface area contributed by atoms with Gasteiger partial charge in [-0.1, -0.05) is 0 Å². The van der Waals surface area contributed by atoms with Gasteiger partial charge in [-0.25, -0.2) is 9.37 Å². The van der Waals surface area contributed by atoms with Crippen molar-refractivity contribution in [3.8, 4) is 11.4 Å². The molecule has 1 aromatic heterocycles. The minimum atomic E-state index is -4.48. The third kappa shape index (κ3) is 2.30. The third-order valence-corrected chi connectivity index (χ3v) is 2.27. The molecule has 0 aliphatic rings. The number of aryl methyl sites for hydroxylation is 1. The Bertz CT molecular complexity index is 525. The summed E-state index contributed by atoms with van der Waals surface area (Å²) in [5.74, 6) is -0.295. The highest BCUT2D eigenvalue weighted by Crippen LogP contribution is 2.30. The SMILES string of the molecule is Cn1cc(C(F)(F)F)nc1-c1ccc(F)cc1. The van der Waals surface area contributed by atoms with Crippen molar-refractivity contribution in [1.82, 2.24) is 9.55 Å². The standard InChI is InChI=1S/C11H8F4N2/c1-17-6-9(11(13,14)15)16-10(17)7-2-4-8(12)5-3-7/h2-6H,1H3. The molecule has 0 bridgehead atoms. The van der Waals surface area contributed by atoms with Crippen LogP contribution in [0.1, 0.15) is 5.69 Å². The molecule has 90 valence electrons. The molecule has 0 spiro atoms. The summed E-state index contributed by atoms with van der Waals surface area (Å²) in [4.78, 5) is 3.50. The molecule has 0 radical (unpaired) electrons. The lowest BCUT2D eigenvalue weighted by molar-refractivity contribution is -0.140. The Morgan fingerprint density at radius 2 is 1.71 bits per heavy atom. The molecule has 6 heteroatoms. The predicted molar refractivity (Wildman–Crippen MR) is 53.6 cm³/mol. The van der Waals surface area contributed by atoms with Crippen molar-refractivity contribution in [1.29, 1.82) is 0 Å². The van der Waals surface area contributed by atoms with Crippen molar-refractivity contribution in [2.75, 3.05) is 0 Å². The van der Waals surface area contributed by atoms with Crippen LogP contribution < -0.4 is 0 Å². The van der Waals surface area contributed by atoms with E-state index < -0.39 is 17.7 Å². The summed E-state index contributed by atoms with van der Waals surface area (Å²) < 4.78 is 51.2. The highest BCUT2D eigenvalue weighted by Gasteiger charge is 2.34. The van der Waals surface area contributed by atoms with Crippen LogP contribution >= 0.6 is 0 Å². The van der Waals surface area contributed by atoms with Crippen molar-refractivity contribution in [3.63, 3.8) is 0 Å². The molecule has 0 fully saturated rings. The molecular formula is C11H8F4N2. The molecule has 0 aliphatic carbocycles. The third-order valence-electron chi connectivity index (χ3n) is 2.27. The quantitative estimate of drug-likeness (QED) is 0.704. The number of rotatable bonds is 1. The van der Waals surface area contributed by atoms with Crippen LogP contribution in [0.5, 0.6) is 0 Å². The molecule has 2 aromatic rings. The molecule has 1 heterocycles. The molecule has 0 amide bonds. The summed E-state index contributed by atoms with van der Waals surface area (Å²) >= 11 is 0. The lowest BCUT2D eigenvalue weighted by Crippen LogP contribution is -2.04. The second-order valence-corrected chi connectivity index (χ2v) is 3.57. The maximum atomic E-state index is 12.7. The van der Waals surface area contributed by atoms with Gasteiger partial charge in [0.15, 0.2) is 5.69 Å². The number of aromatic nitrogens is 2. The minimum Gasteiger partial charge on any atom is -0.333 e. The number of alkyl halides is 3. The smallest absolute Gasteiger partial charge is 0.333 e. The second-order valence-electron chi connectivity index (χ2n) is 3.57. The van der Waals surface area contributed by atoms with E-state index in [1.165, 1.54) is 35.9 Å². The Hall–Kier alpha value is -1.85. The normalized spacial score (nSPS) is 11.8. The van der Waals surface area contributed by atoms with E-state index in [4.69, 9.17) is 0 Å². The van der Waals surface area contributed by atoms with Crippen LogP contribution in [0.2, 0.25) is 0 Å². The Kier molecular flexibility index (Phi) is 2.65. The van der Waals surface area contributed by atoms with Gasteiger partial charge in [-0.05, 0) is 24.3 Å². The monoisotopic (exact) mass is 244 g/mol. The summed E-state index contributed by atoms with van der Waals surface area (Å²) in [5, 5.41) is 0. The van der Waals surface area contributed by atoms with Crippen molar-refractivity contribution in [2.24, 2.45) is 7.05 Å². The number of nitrogens with zero attached hydrogens (tertiary/aromatic N) is 2. The van der Waals surface area contributed by atoms with Crippen LogP contribution in [-0.2, 0) is 13.2 Å². The summed E-state index contributed by atoms with van der Waals surface area (Å²) in [6, 6.07) is 5.13. The number of halogens is 4. The molecule has 2 nitrogen and oxygen atoms in total. The van der Waals surface area contributed by atoms with Crippen molar-refractivity contribution in [2.45, 2.75) is 6.18 Å². The van der Waals surface area contributed by atoms with E-state index >= 15 is 0 Å². The van der Waals surface area contributed by atoms with Gasteiger partial charge in [-0.15, -0.1) is 0 Å². The molecule has 0 atom stereocenters. The van der Waals surface area contributed by atoms with E-state index in [1.54, 1.807) is 0 Å². The number of benzene rings is 1. The summed E-state index contributed by atoms with van der Waals surface area (Å²) in [7, 11) is 1.46. The van der Waals surface area contributed by atoms with Gasteiger partial charge in [-0.2, -0.15) is 13.2 Å². The fraction of sp³-hybridized carbons (Fsp3) is 0.182. The van der Waals surface area contributed by atoms with Gasteiger partial charge >= 0.3 is 6.18 Å². The van der Waals surface area contributed by atoms with Crippen LogP contribution in [0.15, 0.2) is 30.5 Å². The molecule has 0 aliphatic heterocycles. The summed E-state index contributed by atoms with van der Waals surface area (Å²) in [6.07, 6.45) is -3.57.